The number of aromatic nitrogens is 3. The van der Waals surface area contributed by atoms with Gasteiger partial charge in [-0.25, -0.2) is 4.98 Å². The van der Waals surface area contributed by atoms with Gasteiger partial charge in [-0.05, 0) is 36.8 Å². The van der Waals surface area contributed by atoms with Crippen LogP contribution >= 0.6 is 23.4 Å². The Morgan fingerprint density at radius 2 is 1.96 bits per heavy atom. The van der Waals surface area contributed by atoms with E-state index in [1.807, 2.05) is 48.8 Å². The number of aryl methyl sites for hydroxylation is 1. The summed E-state index contributed by atoms with van der Waals surface area (Å²) in [7, 11) is 0. The van der Waals surface area contributed by atoms with Crippen LogP contribution in [0.2, 0.25) is 5.02 Å². The number of benzene rings is 2. The van der Waals surface area contributed by atoms with Crippen molar-refractivity contribution in [1.29, 1.82) is 0 Å². The van der Waals surface area contributed by atoms with Crippen LogP contribution < -0.4 is 0 Å². The van der Waals surface area contributed by atoms with E-state index in [2.05, 4.69) is 39.8 Å². The van der Waals surface area contributed by atoms with Gasteiger partial charge in [0.2, 0.25) is 0 Å². The second-order valence-corrected chi connectivity index (χ2v) is 7.27. The maximum absolute atomic E-state index is 5.93. The van der Waals surface area contributed by atoms with Crippen molar-refractivity contribution in [3.63, 3.8) is 0 Å². The molecule has 0 saturated heterocycles. The smallest absolute Gasteiger partial charge is 0.173 e. The van der Waals surface area contributed by atoms with Crippen LogP contribution in [-0.4, -0.2) is 14.7 Å². The molecule has 0 radical (unpaired) electrons. The zero-order chi connectivity index (χ0) is 17.9. The van der Waals surface area contributed by atoms with Crippen LogP contribution in [0.5, 0.6) is 0 Å². The fourth-order valence-electron chi connectivity index (χ4n) is 2.64. The molecule has 26 heavy (non-hydrogen) atoms. The van der Waals surface area contributed by atoms with E-state index in [1.165, 1.54) is 5.56 Å². The molecule has 4 aromatic rings. The standard InChI is InChI=1S/C20H16ClN3OS/c1-14-3-2-4-17(11-14)24-10-9-22-20(24)26-13-18-12-19(23-25-18)15-5-7-16(21)8-6-15/h2-12H,13H2,1H3. The van der Waals surface area contributed by atoms with Crippen LogP contribution in [0.25, 0.3) is 16.9 Å². The minimum Gasteiger partial charge on any atom is -0.360 e. The van der Waals surface area contributed by atoms with Gasteiger partial charge in [0.05, 0.1) is 5.75 Å². The maximum atomic E-state index is 5.93. The van der Waals surface area contributed by atoms with Crippen molar-refractivity contribution in [3.05, 3.63) is 83.3 Å². The lowest BCUT2D eigenvalue weighted by molar-refractivity contribution is 0.397. The zero-order valence-corrected chi connectivity index (χ0v) is 15.7. The van der Waals surface area contributed by atoms with Crippen LogP contribution in [0.15, 0.2) is 76.7 Å². The first-order valence-corrected chi connectivity index (χ1v) is 9.50. The molecular formula is C20H16ClN3OS. The second-order valence-electron chi connectivity index (χ2n) is 5.89. The molecule has 0 aliphatic heterocycles. The van der Waals surface area contributed by atoms with E-state index in [1.54, 1.807) is 11.8 Å². The van der Waals surface area contributed by atoms with Gasteiger partial charge >= 0.3 is 0 Å². The highest BCUT2D eigenvalue weighted by Crippen LogP contribution is 2.27. The van der Waals surface area contributed by atoms with Crippen molar-refractivity contribution >= 4 is 23.4 Å². The molecule has 0 saturated carbocycles. The van der Waals surface area contributed by atoms with Crippen LogP contribution in [0, 0.1) is 6.92 Å². The highest BCUT2D eigenvalue weighted by molar-refractivity contribution is 7.98. The summed E-state index contributed by atoms with van der Waals surface area (Å²) in [5.41, 5.74) is 4.11. The molecule has 2 aromatic heterocycles. The minimum absolute atomic E-state index is 0.656. The predicted octanol–water partition coefficient (Wildman–Crippen LogP) is 5.78. The Hall–Kier alpha value is -2.50. The fourth-order valence-corrected chi connectivity index (χ4v) is 3.62. The first-order valence-electron chi connectivity index (χ1n) is 8.14. The molecule has 0 aliphatic rings. The summed E-state index contributed by atoms with van der Waals surface area (Å²) in [5, 5.41) is 5.77. The van der Waals surface area contributed by atoms with Gasteiger partial charge < -0.3 is 4.52 Å². The van der Waals surface area contributed by atoms with Crippen LogP contribution in [-0.2, 0) is 5.75 Å². The van der Waals surface area contributed by atoms with E-state index in [0.717, 1.165) is 27.9 Å². The van der Waals surface area contributed by atoms with E-state index in [9.17, 15) is 0 Å². The molecule has 4 rings (SSSR count). The Morgan fingerprint density at radius 1 is 1.12 bits per heavy atom. The van der Waals surface area contributed by atoms with Crippen LogP contribution in [0.4, 0.5) is 0 Å². The topological polar surface area (TPSA) is 43.9 Å². The zero-order valence-electron chi connectivity index (χ0n) is 14.1. The maximum Gasteiger partial charge on any atom is 0.173 e. The molecule has 0 aliphatic carbocycles. The minimum atomic E-state index is 0.656. The molecule has 0 bridgehead atoms. The summed E-state index contributed by atoms with van der Waals surface area (Å²) in [6.45, 7) is 2.08. The molecule has 0 amide bonds. The third-order valence-corrected chi connectivity index (χ3v) is 5.17. The number of nitrogens with zero attached hydrogens (tertiary/aromatic N) is 3. The molecule has 0 fully saturated rings. The fraction of sp³-hybridized carbons (Fsp3) is 0.100. The average molecular weight is 382 g/mol. The van der Waals surface area contributed by atoms with Gasteiger partial charge in [0, 0.05) is 34.7 Å². The van der Waals surface area contributed by atoms with Crippen molar-refractivity contribution in [2.45, 2.75) is 17.8 Å². The van der Waals surface area contributed by atoms with Gasteiger partial charge in [0.25, 0.3) is 0 Å². The Labute approximate surface area is 160 Å². The summed E-state index contributed by atoms with van der Waals surface area (Å²) < 4.78 is 7.55. The molecule has 0 atom stereocenters. The van der Waals surface area contributed by atoms with E-state index in [-0.39, 0.29) is 0 Å². The molecule has 2 aromatic carbocycles. The van der Waals surface area contributed by atoms with Crippen molar-refractivity contribution in [2.24, 2.45) is 0 Å². The molecule has 0 spiro atoms. The normalized spacial score (nSPS) is 11.0. The lowest BCUT2D eigenvalue weighted by Crippen LogP contribution is -1.95. The molecule has 6 heteroatoms. The largest absolute Gasteiger partial charge is 0.360 e. The Morgan fingerprint density at radius 3 is 2.77 bits per heavy atom. The van der Waals surface area contributed by atoms with Crippen LogP contribution in [0.1, 0.15) is 11.3 Å². The Balaban J connectivity index is 1.49. The summed E-state index contributed by atoms with van der Waals surface area (Å²) in [6.07, 6.45) is 3.78. The SMILES string of the molecule is Cc1cccc(-n2ccnc2SCc2cc(-c3ccc(Cl)cc3)no2)c1. The van der Waals surface area contributed by atoms with Gasteiger partial charge in [-0.3, -0.25) is 4.57 Å². The van der Waals surface area contributed by atoms with Gasteiger partial charge in [-0.1, -0.05) is 52.8 Å². The summed E-state index contributed by atoms with van der Waals surface area (Å²) in [4.78, 5) is 4.46. The third-order valence-electron chi connectivity index (χ3n) is 3.93. The molecular weight excluding hydrogens is 366 g/mol. The lowest BCUT2D eigenvalue weighted by atomic mass is 10.1. The Bertz CT molecular complexity index is 1020. The second kappa shape index (κ2) is 7.40. The number of imidazole rings is 1. The van der Waals surface area contributed by atoms with Crippen LogP contribution in [0.3, 0.4) is 0 Å². The molecule has 0 N–H and O–H groups in total. The van der Waals surface area contributed by atoms with Crippen molar-refractivity contribution < 1.29 is 4.52 Å². The summed E-state index contributed by atoms with van der Waals surface area (Å²) >= 11 is 7.55. The van der Waals surface area contributed by atoms with Gasteiger partial charge in [0.15, 0.2) is 5.16 Å². The van der Waals surface area contributed by atoms with Crippen molar-refractivity contribution in [2.75, 3.05) is 0 Å². The summed E-state index contributed by atoms with van der Waals surface area (Å²) in [5.74, 6) is 1.46. The highest BCUT2D eigenvalue weighted by Gasteiger charge is 2.10. The monoisotopic (exact) mass is 381 g/mol. The number of hydrogen-bond acceptors (Lipinski definition) is 4. The number of rotatable bonds is 5. The third kappa shape index (κ3) is 3.69. The molecule has 130 valence electrons. The Kier molecular flexibility index (Phi) is 4.82. The van der Waals surface area contributed by atoms with Gasteiger partial charge in [-0.15, -0.1) is 0 Å². The molecule has 2 heterocycles. The number of thioether (sulfide) groups is 1. The number of halogens is 1. The van der Waals surface area contributed by atoms with E-state index < -0.39 is 0 Å². The quantitative estimate of drug-likeness (QED) is 0.411. The summed E-state index contributed by atoms with van der Waals surface area (Å²) in [6, 6.07) is 17.9. The van der Waals surface area contributed by atoms with Gasteiger partial charge in [0.1, 0.15) is 11.5 Å². The number of hydrogen-bond donors (Lipinski definition) is 0. The van der Waals surface area contributed by atoms with E-state index in [4.69, 9.17) is 16.1 Å². The molecule has 4 nitrogen and oxygen atoms in total. The van der Waals surface area contributed by atoms with Crippen molar-refractivity contribution in [1.82, 2.24) is 14.7 Å². The van der Waals surface area contributed by atoms with E-state index >= 15 is 0 Å². The average Bonchev–Trinajstić information content (AvgIpc) is 3.30. The molecule has 0 unspecified atom stereocenters. The lowest BCUT2D eigenvalue weighted by Gasteiger charge is -2.07. The van der Waals surface area contributed by atoms with Crippen molar-refractivity contribution in [3.8, 4) is 16.9 Å². The van der Waals surface area contributed by atoms with Gasteiger partial charge in [-0.2, -0.15) is 0 Å². The van der Waals surface area contributed by atoms with E-state index in [0.29, 0.717) is 10.8 Å². The first-order chi connectivity index (χ1) is 12.7. The first kappa shape index (κ1) is 16.9. The highest BCUT2D eigenvalue weighted by atomic mass is 35.5. The predicted molar refractivity (Wildman–Crippen MR) is 105 cm³/mol.